The molecule has 1 atom stereocenters. The third-order valence-corrected chi connectivity index (χ3v) is 4.52. The first-order valence-corrected chi connectivity index (χ1v) is 8.09. The molecule has 0 bridgehead atoms. The van der Waals surface area contributed by atoms with Gasteiger partial charge in [0.2, 0.25) is 0 Å². The fraction of sp³-hybridized carbons (Fsp3) is 0.533. The van der Waals surface area contributed by atoms with Crippen LogP contribution in [0.15, 0.2) is 12.1 Å². The van der Waals surface area contributed by atoms with E-state index in [4.69, 9.17) is 15.1 Å². The first-order valence-electron chi connectivity index (χ1n) is 8.09. The lowest BCUT2D eigenvalue weighted by Gasteiger charge is -2.42. The minimum absolute atomic E-state index is 0.0121. The highest BCUT2D eigenvalue weighted by Gasteiger charge is 2.37. The van der Waals surface area contributed by atoms with Gasteiger partial charge in [0.1, 0.15) is 17.4 Å². The first kappa shape index (κ1) is 17.0. The predicted molar refractivity (Wildman–Crippen MR) is 87.4 cm³/mol. The van der Waals surface area contributed by atoms with Crippen molar-refractivity contribution in [3.8, 4) is 11.5 Å². The number of fused-ring (bicyclic) bond motifs is 1. The Balaban J connectivity index is 1.87. The number of nitrogens with zero attached hydrogens (tertiary/aromatic N) is 1. The van der Waals surface area contributed by atoms with Gasteiger partial charge in [-0.1, -0.05) is 19.3 Å². The zero-order valence-electron chi connectivity index (χ0n) is 13.5. The number of hydrogen-bond acceptors (Lipinski definition) is 7. The average molecular weight is 337 g/mol. The van der Waals surface area contributed by atoms with Gasteiger partial charge in [-0.15, -0.1) is 0 Å². The summed E-state index contributed by atoms with van der Waals surface area (Å²) in [6.45, 7) is 1.43. The highest BCUT2D eigenvalue weighted by Crippen LogP contribution is 2.43. The zero-order chi connectivity index (χ0) is 17.5. The van der Waals surface area contributed by atoms with Gasteiger partial charge in [-0.25, -0.2) is 4.79 Å². The van der Waals surface area contributed by atoms with E-state index in [1.807, 2.05) is 0 Å². The van der Waals surface area contributed by atoms with Gasteiger partial charge in [0.15, 0.2) is 0 Å². The fourth-order valence-corrected chi connectivity index (χ4v) is 3.36. The molecule has 0 amide bonds. The van der Waals surface area contributed by atoms with Gasteiger partial charge in [-0.05, 0) is 17.5 Å². The van der Waals surface area contributed by atoms with Crippen molar-refractivity contribution in [3.05, 3.63) is 23.3 Å². The van der Waals surface area contributed by atoms with Crippen LogP contribution in [0.2, 0.25) is 6.32 Å². The molecule has 2 aliphatic heterocycles. The van der Waals surface area contributed by atoms with Crippen molar-refractivity contribution in [3.63, 3.8) is 0 Å². The van der Waals surface area contributed by atoms with E-state index in [0.717, 1.165) is 6.54 Å². The molecule has 5 N–H and O–H groups in total. The molecule has 0 saturated carbocycles. The van der Waals surface area contributed by atoms with Crippen LogP contribution in [-0.4, -0.2) is 65.1 Å². The number of carboxylic acids is 1. The summed E-state index contributed by atoms with van der Waals surface area (Å²) in [4.78, 5) is 13.8. The van der Waals surface area contributed by atoms with E-state index in [1.165, 1.54) is 0 Å². The van der Waals surface area contributed by atoms with Crippen molar-refractivity contribution in [2.75, 3.05) is 26.2 Å². The first-order chi connectivity index (χ1) is 11.3. The SMILES string of the molecule is C[C@H]1C[B-](O)(O)Oc2c1ccc(OC1CN(CCN)C1)c2C(=O)O. The molecule has 0 aromatic heterocycles. The molecule has 24 heavy (non-hydrogen) atoms. The third-order valence-electron chi connectivity index (χ3n) is 4.52. The molecule has 8 nitrogen and oxygen atoms in total. The van der Waals surface area contributed by atoms with E-state index >= 15 is 0 Å². The van der Waals surface area contributed by atoms with Crippen LogP contribution in [0.1, 0.15) is 28.8 Å². The molecule has 2 aliphatic rings. The largest absolute Gasteiger partial charge is 0.669 e. The number of hydrogen-bond donors (Lipinski definition) is 4. The number of carboxylic acid groups (broad SMARTS) is 1. The molecule has 9 heteroatoms. The van der Waals surface area contributed by atoms with Crippen molar-refractivity contribution in [2.24, 2.45) is 5.73 Å². The monoisotopic (exact) mass is 337 g/mol. The van der Waals surface area contributed by atoms with E-state index in [0.29, 0.717) is 25.2 Å². The Morgan fingerprint density at radius 3 is 2.79 bits per heavy atom. The molecule has 132 valence electrons. The molecule has 1 fully saturated rings. The lowest BCUT2D eigenvalue weighted by molar-refractivity contribution is 0.0210. The second-order valence-electron chi connectivity index (χ2n) is 6.56. The minimum atomic E-state index is -3.07. The minimum Gasteiger partial charge on any atom is -0.669 e. The molecule has 1 aromatic rings. The summed E-state index contributed by atoms with van der Waals surface area (Å²) in [5, 5.41) is 29.3. The van der Waals surface area contributed by atoms with E-state index in [-0.39, 0.29) is 35.4 Å². The molecule has 0 spiro atoms. The highest BCUT2D eigenvalue weighted by molar-refractivity contribution is 6.59. The summed E-state index contributed by atoms with van der Waals surface area (Å²) in [7, 11) is 0. The second-order valence-corrected chi connectivity index (χ2v) is 6.56. The van der Waals surface area contributed by atoms with Crippen molar-refractivity contribution in [1.29, 1.82) is 0 Å². The Morgan fingerprint density at radius 2 is 2.17 bits per heavy atom. The average Bonchev–Trinajstić information content (AvgIpc) is 2.42. The van der Waals surface area contributed by atoms with Gasteiger partial charge in [-0.3, -0.25) is 4.90 Å². The molecular formula is C15H22BN2O6-. The standard InChI is InChI=1S/C15H22BN2O6/c1-9-6-16(21,22)24-14-11(9)2-3-12(13(14)15(19)20)23-10-7-18(8-10)5-4-17/h2-3,9-10,21-22H,4-8,17H2,1H3,(H,19,20)/q-1/t9-/m0/s1. The zero-order valence-corrected chi connectivity index (χ0v) is 13.5. The molecule has 1 saturated heterocycles. The summed E-state index contributed by atoms with van der Waals surface area (Å²) in [6.07, 6.45) is -0.0876. The summed E-state index contributed by atoms with van der Waals surface area (Å²) in [6, 6.07) is 3.34. The molecule has 0 radical (unpaired) electrons. The van der Waals surface area contributed by atoms with Gasteiger partial charge in [0.25, 0.3) is 0 Å². The van der Waals surface area contributed by atoms with Gasteiger partial charge in [0, 0.05) is 26.2 Å². The molecule has 1 aromatic carbocycles. The van der Waals surface area contributed by atoms with Crippen LogP contribution in [0.4, 0.5) is 0 Å². The van der Waals surface area contributed by atoms with Crippen LogP contribution in [0.3, 0.4) is 0 Å². The lowest BCUT2D eigenvalue weighted by Crippen LogP contribution is -2.55. The quantitative estimate of drug-likeness (QED) is 0.546. The fourth-order valence-electron chi connectivity index (χ4n) is 3.36. The molecule has 2 heterocycles. The van der Waals surface area contributed by atoms with E-state index in [1.54, 1.807) is 19.1 Å². The number of aromatic carboxylic acids is 1. The van der Waals surface area contributed by atoms with Crippen molar-refractivity contribution in [1.82, 2.24) is 4.90 Å². The van der Waals surface area contributed by atoms with E-state index in [2.05, 4.69) is 4.90 Å². The van der Waals surface area contributed by atoms with Gasteiger partial charge >= 0.3 is 12.7 Å². The Kier molecular flexibility index (Phi) is 4.43. The number of rotatable bonds is 5. The topological polar surface area (TPSA) is 125 Å². The van der Waals surface area contributed by atoms with Crippen LogP contribution in [0.5, 0.6) is 11.5 Å². The van der Waals surface area contributed by atoms with E-state index in [9.17, 15) is 19.9 Å². The Morgan fingerprint density at radius 1 is 1.46 bits per heavy atom. The Bertz CT molecular complexity index is 647. The molecular weight excluding hydrogens is 315 g/mol. The maximum Gasteiger partial charge on any atom is 0.431 e. The Labute approximate surface area is 139 Å². The van der Waals surface area contributed by atoms with Crippen LogP contribution < -0.4 is 15.1 Å². The van der Waals surface area contributed by atoms with Crippen LogP contribution in [0, 0.1) is 0 Å². The summed E-state index contributed by atoms with van der Waals surface area (Å²) >= 11 is 0. The van der Waals surface area contributed by atoms with Gasteiger partial charge in [-0.2, -0.15) is 0 Å². The molecule has 3 rings (SSSR count). The van der Waals surface area contributed by atoms with Crippen molar-refractivity contribution >= 4 is 12.7 Å². The maximum atomic E-state index is 11.7. The molecule has 0 unspecified atom stereocenters. The summed E-state index contributed by atoms with van der Waals surface area (Å²) in [5.74, 6) is -1.28. The normalized spacial score (nSPS) is 23.1. The lowest BCUT2D eigenvalue weighted by atomic mass is 9.65. The summed E-state index contributed by atoms with van der Waals surface area (Å²) in [5.41, 5.74) is 5.97. The number of carbonyl (C=O) groups is 1. The third kappa shape index (κ3) is 3.20. The number of likely N-dealkylation sites (tertiary alicyclic amines) is 1. The van der Waals surface area contributed by atoms with Crippen LogP contribution in [0.25, 0.3) is 0 Å². The van der Waals surface area contributed by atoms with E-state index < -0.39 is 12.7 Å². The van der Waals surface area contributed by atoms with Crippen LogP contribution in [-0.2, 0) is 0 Å². The van der Waals surface area contributed by atoms with Crippen molar-refractivity contribution < 1.29 is 29.3 Å². The number of benzene rings is 1. The smallest absolute Gasteiger partial charge is 0.431 e. The maximum absolute atomic E-state index is 11.7. The predicted octanol–water partition coefficient (Wildman–Crippen LogP) is -0.174. The molecule has 0 aliphatic carbocycles. The highest BCUT2D eigenvalue weighted by atomic mass is 16.6. The summed E-state index contributed by atoms with van der Waals surface area (Å²) < 4.78 is 11.0. The Hall–Kier alpha value is -1.81. The van der Waals surface area contributed by atoms with Gasteiger partial charge < -0.3 is 30.3 Å². The van der Waals surface area contributed by atoms with Crippen LogP contribution >= 0.6 is 0 Å². The second kappa shape index (κ2) is 6.25. The van der Waals surface area contributed by atoms with Crippen molar-refractivity contribution in [2.45, 2.75) is 25.3 Å². The van der Waals surface area contributed by atoms with Gasteiger partial charge in [0.05, 0.1) is 5.75 Å². The number of ether oxygens (including phenoxy) is 1. The number of nitrogens with two attached hydrogens (primary N) is 1.